The average molecular weight is 512 g/mol. The third kappa shape index (κ3) is 8.34. The summed E-state index contributed by atoms with van der Waals surface area (Å²) in [7, 11) is 3.67. The second kappa shape index (κ2) is 13.0. The zero-order valence-corrected chi connectivity index (χ0v) is 19.0. The largest absolute Gasteiger partial charge is 0.497 e. The Bertz CT molecular complexity index is 620. The van der Waals surface area contributed by atoms with Gasteiger partial charge in [-0.15, -0.1) is 24.0 Å². The highest BCUT2D eigenvalue weighted by atomic mass is 127. The number of hydrogen-bond donors (Lipinski definition) is 2. The maximum absolute atomic E-state index is 12.6. The predicted octanol–water partition coefficient (Wildman–Crippen LogP) is 3.31. The van der Waals surface area contributed by atoms with Crippen LogP contribution >= 0.6 is 24.0 Å². The van der Waals surface area contributed by atoms with E-state index >= 15 is 0 Å². The van der Waals surface area contributed by atoms with Crippen molar-refractivity contribution < 1.29 is 18.3 Å². The number of ether oxygens (including phenoxy) is 2. The molecular weight excluding hydrogens is 481 g/mol. The van der Waals surface area contributed by atoms with Gasteiger partial charge in [-0.3, -0.25) is 0 Å². The lowest BCUT2D eigenvalue weighted by Crippen LogP contribution is -2.43. The van der Waals surface area contributed by atoms with Crippen molar-refractivity contribution in [3.05, 3.63) is 23.8 Å². The number of nitrogens with one attached hydrogen (secondary N) is 2. The zero-order valence-electron chi connectivity index (χ0n) is 16.7. The van der Waals surface area contributed by atoms with Crippen LogP contribution in [0.5, 0.6) is 11.5 Å². The fourth-order valence-corrected chi connectivity index (χ4v) is 3.20. The zero-order chi connectivity index (χ0) is 19.6. The molecule has 0 saturated carbocycles. The number of benzene rings is 1. The van der Waals surface area contributed by atoms with Gasteiger partial charge in [0.15, 0.2) is 5.96 Å². The van der Waals surface area contributed by atoms with Crippen molar-refractivity contribution in [2.24, 2.45) is 10.9 Å². The summed E-state index contributed by atoms with van der Waals surface area (Å²) in [4.78, 5) is 6.87. The van der Waals surface area contributed by atoms with E-state index in [2.05, 4.69) is 32.3 Å². The molecular formula is C19H31F2IN4O2. The van der Waals surface area contributed by atoms with E-state index in [0.29, 0.717) is 23.2 Å². The summed E-state index contributed by atoms with van der Waals surface area (Å²) in [6, 6.07) is 4.74. The minimum Gasteiger partial charge on any atom is -0.497 e. The topological polar surface area (TPSA) is 58.1 Å². The van der Waals surface area contributed by atoms with Crippen LogP contribution in [0.2, 0.25) is 0 Å². The Balaban J connectivity index is 0.00000392. The average Bonchev–Trinajstić information content (AvgIpc) is 2.64. The minimum absolute atomic E-state index is 0. The third-order valence-corrected chi connectivity index (χ3v) is 4.52. The summed E-state index contributed by atoms with van der Waals surface area (Å²) in [6.07, 6.45) is 2.40. The predicted molar refractivity (Wildman–Crippen MR) is 118 cm³/mol. The first-order chi connectivity index (χ1) is 13.0. The molecule has 28 heavy (non-hydrogen) atoms. The second-order valence-electron chi connectivity index (χ2n) is 6.70. The molecule has 1 aromatic rings. The maximum atomic E-state index is 12.6. The number of piperidine rings is 1. The van der Waals surface area contributed by atoms with Crippen LogP contribution in [0, 0.1) is 5.92 Å². The van der Waals surface area contributed by atoms with Crippen molar-refractivity contribution in [1.29, 1.82) is 0 Å². The molecule has 1 aliphatic rings. The van der Waals surface area contributed by atoms with Crippen LogP contribution in [0.3, 0.4) is 0 Å². The Hall–Kier alpha value is -1.36. The molecule has 1 aromatic carbocycles. The van der Waals surface area contributed by atoms with E-state index in [9.17, 15) is 8.78 Å². The van der Waals surface area contributed by atoms with Crippen molar-refractivity contribution in [2.45, 2.75) is 32.9 Å². The molecule has 1 aliphatic heterocycles. The molecule has 0 radical (unpaired) electrons. The molecule has 0 spiro atoms. The number of alkyl halides is 2. The molecule has 6 nitrogen and oxygen atoms in total. The molecule has 160 valence electrons. The molecule has 0 bridgehead atoms. The van der Waals surface area contributed by atoms with Gasteiger partial charge in [-0.25, -0.2) is 4.99 Å². The molecule has 2 N–H and O–H groups in total. The Morgan fingerprint density at radius 3 is 2.79 bits per heavy atom. The van der Waals surface area contributed by atoms with Gasteiger partial charge in [0, 0.05) is 25.2 Å². The van der Waals surface area contributed by atoms with Crippen LogP contribution in [-0.2, 0) is 6.54 Å². The lowest BCUT2D eigenvalue weighted by molar-refractivity contribution is -0.0504. The van der Waals surface area contributed by atoms with Gasteiger partial charge >= 0.3 is 6.61 Å². The maximum Gasteiger partial charge on any atom is 0.387 e. The fourth-order valence-electron chi connectivity index (χ4n) is 3.20. The molecule has 1 heterocycles. The number of guanidine groups is 1. The van der Waals surface area contributed by atoms with Crippen LogP contribution in [0.15, 0.2) is 23.2 Å². The van der Waals surface area contributed by atoms with Gasteiger partial charge in [-0.2, -0.15) is 8.78 Å². The van der Waals surface area contributed by atoms with E-state index in [1.54, 1.807) is 12.1 Å². The molecule has 1 atom stereocenters. The van der Waals surface area contributed by atoms with Crippen molar-refractivity contribution in [3.8, 4) is 11.5 Å². The van der Waals surface area contributed by atoms with Gasteiger partial charge in [0.25, 0.3) is 0 Å². The molecule has 1 unspecified atom stereocenters. The molecule has 2 rings (SSSR count). The summed E-state index contributed by atoms with van der Waals surface area (Å²) in [5, 5.41) is 6.56. The highest BCUT2D eigenvalue weighted by Gasteiger charge is 2.17. The quantitative estimate of drug-likeness (QED) is 0.318. The number of hydrogen-bond acceptors (Lipinski definition) is 4. The smallest absolute Gasteiger partial charge is 0.387 e. The van der Waals surface area contributed by atoms with Gasteiger partial charge in [-0.05, 0) is 57.5 Å². The number of aliphatic imine (C=N–C) groups is 1. The Morgan fingerprint density at radius 2 is 2.14 bits per heavy atom. The first-order valence-electron chi connectivity index (χ1n) is 9.34. The first-order valence-corrected chi connectivity index (χ1v) is 9.34. The fraction of sp³-hybridized carbons (Fsp3) is 0.632. The van der Waals surface area contributed by atoms with Crippen molar-refractivity contribution in [3.63, 3.8) is 0 Å². The van der Waals surface area contributed by atoms with Gasteiger partial charge in [0.1, 0.15) is 11.5 Å². The molecule has 1 fully saturated rings. The molecule has 0 aromatic heterocycles. The monoisotopic (exact) mass is 512 g/mol. The molecule has 0 amide bonds. The normalized spacial score (nSPS) is 17.8. The number of nitrogens with zero attached hydrogens (tertiary/aromatic N) is 2. The Labute approximate surface area is 183 Å². The SMILES string of the molecule is CCNC(=NCc1cc(OC)ccc1OC(F)F)NCC1CCCN(C)C1.I. The molecule has 9 heteroatoms. The van der Waals surface area contributed by atoms with E-state index in [1.165, 1.54) is 26.0 Å². The van der Waals surface area contributed by atoms with E-state index in [4.69, 9.17) is 4.74 Å². The van der Waals surface area contributed by atoms with Crippen LogP contribution in [0.4, 0.5) is 8.78 Å². The summed E-state index contributed by atoms with van der Waals surface area (Å²) in [5.74, 6) is 1.92. The minimum atomic E-state index is -2.88. The first kappa shape index (κ1) is 24.7. The number of rotatable bonds is 8. The van der Waals surface area contributed by atoms with Crippen molar-refractivity contribution in [2.75, 3.05) is 40.3 Å². The Morgan fingerprint density at radius 1 is 1.36 bits per heavy atom. The van der Waals surface area contributed by atoms with Crippen molar-refractivity contribution in [1.82, 2.24) is 15.5 Å². The van der Waals surface area contributed by atoms with Gasteiger partial charge in [0.2, 0.25) is 0 Å². The number of likely N-dealkylation sites (tertiary alicyclic amines) is 1. The van der Waals surface area contributed by atoms with Gasteiger partial charge < -0.3 is 25.0 Å². The van der Waals surface area contributed by atoms with Crippen LogP contribution in [-0.4, -0.2) is 57.8 Å². The van der Waals surface area contributed by atoms with Crippen LogP contribution < -0.4 is 20.1 Å². The molecule has 0 aliphatic carbocycles. The summed E-state index contributed by atoms with van der Waals surface area (Å²) in [6.45, 7) is 3.07. The molecule has 1 saturated heterocycles. The van der Waals surface area contributed by atoms with E-state index in [0.717, 1.165) is 26.2 Å². The highest BCUT2D eigenvalue weighted by Crippen LogP contribution is 2.26. The highest BCUT2D eigenvalue weighted by molar-refractivity contribution is 14.0. The standard InChI is InChI=1S/C19H30F2N4O2.HI/c1-4-22-19(23-11-14-6-5-9-25(2)13-14)24-12-15-10-16(26-3)7-8-17(15)27-18(20)21;/h7-8,10,14,18H,4-6,9,11-13H2,1-3H3,(H2,22,23,24);1H. The van der Waals surface area contributed by atoms with E-state index < -0.39 is 6.61 Å². The van der Waals surface area contributed by atoms with Crippen LogP contribution in [0.1, 0.15) is 25.3 Å². The summed E-state index contributed by atoms with van der Waals surface area (Å²) >= 11 is 0. The van der Waals surface area contributed by atoms with Crippen LogP contribution in [0.25, 0.3) is 0 Å². The summed E-state index contributed by atoms with van der Waals surface area (Å²) < 4.78 is 35.1. The number of halogens is 3. The number of methoxy groups -OCH3 is 1. The van der Waals surface area contributed by atoms with Gasteiger partial charge in [0.05, 0.1) is 13.7 Å². The third-order valence-electron chi connectivity index (χ3n) is 4.52. The summed E-state index contributed by atoms with van der Waals surface area (Å²) in [5.41, 5.74) is 0.546. The van der Waals surface area contributed by atoms with Gasteiger partial charge in [-0.1, -0.05) is 0 Å². The lowest BCUT2D eigenvalue weighted by atomic mass is 9.99. The van der Waals surface area contributed by atoms with E-state index in [-0.39, 0.29) is 36.3 Å². The Kier molecular flexibility index (Phi) is 11.4. The van der Waals surface area contributed by atoms with Crippen molar-refractivity contribution >= 4 is 29.9 Å². The van der Waals surface area contributed by atoms with E-state index in [1.807, 2.05) is 6.92 Å². The second-order valence-corrected chi connectivity index (χ2v) is 6.70. The lowest BCUT2D eigenvalue weighted by Gasteiger charge is -2.30.